The summed E-state index contributed by atoms with van der Waals surface area (Å²) in [5, 5.41) is 0. The van der Waals surface area contributed by atoms with E-state index in [9.17, 15) is 4.79 Å². The molecule has 1 aliphatic heterocycles. The fourth-order valence-electron chi connectivity index (χ4n) is 2.45. The molecule has 1 rings (SSSR count). The molecule has 1 atom stereocenters. The van der Waals surface area contributed by atoms with Crippen molar-refractivity contribution in [2.75, 3.05) is 13.1 Å². The van der Waals surface area contributed by atoms with Crippen LogP contribution in [0.1, 0.15) is 64.7 Å². The predicted molar refractivity (Wildman–Crippen MR) is 71.8 cm³/mol. The number of piperidine rings is 1. The van der Waals surface area contributed by atoms with Crippen LogP contribution in [-0.4, -0.2) is 29.9 Å². The zero-order valence-electron chi connectivity index (χ0n) is 11.3. The third-order valence-electron chi connectivity index (χ3n) is 3.55. The van der Waals surface area contributed by atoms with Crippen LogP contribution in [0.5, 0.6) is 0 Å². The monoisotopic (exact) mass is 240 g/mol. The third-order valence-corrected chi connectivity index (χ3v) is 3.55. The highest BCUT2D eigenvalue weighted by Crippen LogP contribution is 2.12. The molecule has 1 aliphatic rings. The lowest BCUT2D eigenvalue weighted by Gasteiger charge is -2.30. The molecule has 1 saturated heterocycles. The van der Waals surface area contributed by atoms with E-state index in [-0.39, 0.29) is 6.04 Å². The molecule has 17 heavy (non-hydrogen) atoms. The second kappa shape index (κ2) is 8.51. The Hall–Kier alpha value is -0.570. The van der Waals surface area contributed by atoms with Crippen LogP contribution in [0, 0.1) is 0 Å². The van der Waals surface area contributed by atoms with Crippen molar-refractivity contribution in [3.63, 3.8) is 0 Å². The number of amides is 1. The Labute approximate surface area is 106 Å². The van der Waals surface area contributed by atoms with E-state index >= 15 is 0 Å². The number of hydrogen-bond acceptors (Lipinski definition) is 2. The summed E-state index contributed by atoms with van der Waals surface area (Å²) in [6, 6.07) is 0.206. The smallest absolute Gasteiger partial charge is 0.222 e. The lowest BCUT2D eigenvalue weighted by atomic mass is 10.1. The minimum atomic E-state index is 0.206. The fourth-order valence-corrected chi connectivity index (χ4v) is 2.45. The molecule has 1 amide bonds. The summed E-state index contributed by atoms with van der Waals surface area (Å²) in [6.45, 7) is 3.92. The molecule has 0 spiro atoms. The zero-order valence-corrected chi connectivity index (χ0v) is 11.3. The number of nitrogens with zero attached hydrogens (tertiary/aromatic N) is 1. The lowest BCUT2D eigenvalue weighted by molar-refractivity contribution is -0.132. The molecule has 0 aromatic heterocycles. The van der Waals surface area contributed by atoms with E-state index in [2.05, 4.69) is 6.92 Å². The molecular weight excluding hydrogens is 212 g/mol. The van der Waals surface area contributed by atoms with Crippen molar-refractivity contribution < 1.29 is 4.79 Å². The maximum absolute atomic E-state index is 11.9. The third kappa shape index (κ3) is 6.06. The maximum atomic E-state index is 11.9. The van der Waals surface area contributed by atoms with E-state index in [0.717, 1.165) is 38.8 Å². The van der Waals surface area contributed by atoms with Gasteiger partial charge in [0.25, 0.3) is 0 Å². The van der Waals surface area contributed by atoms with Crippen LogP contribution in [0.15, 0.2) is 0 Å². The average molecular weight is 240 g/mol. The van der Waals surface area contributed by atoms with Gasteiger partial charge in [0.1, 0.15) is 0 Å². The minimum Gasteiger partial charge on any atom is -0.341 e. The minimum absolute atomic E-state index is 0.206. The number of unbranched alkanes of at least 4 members (excludes halogenated alkanes) is 5. The van der Waals surface area contributed by atoms with E-state index < -0.39 is 0 Å². The van der Waals surface area contributed by atoms with E-state index in [1.807, 2.05) is 4.90 Å². The van der Waals surface area contributed by atoms with Crippen LogP contribution in [0.4, 0.5) is 0 Å². The summed E-state index contributed by atoms with van der Waals surface area (Å²) in [6.07, 6.45) is 10.3. The Kier molecular flexibility index (Phi) is 7.25. The SMILES string of the molecule is CCCCCCCCC(=O)N1CCC[C@@H](N)C1. The first-order chi connectivity index (χ1) is 8.24. The van der Waals surface area contributed by atoms with Crippen molar-refractivity contribution in [3.8, 4) is 0 Å². The summed E-state index contributed by atoms with van der Waals surface area (Å²) >= 11 is 0. The summed E-state index contributed by atoms with van der Waals surface area (Å²) in [7, 11) is 0. The van der Waals surface area contributed by atoms with E-state index in [1.54, 1.807) is 0 Å². The lowest BCUT2D eigenvalue weighted by Crippen LogP contribution is -2.45. The topological polar surface area (TPSA) is 46.3 Å². The molecule has 0 radical (unpaired) electrons. The quantitative estimate of drug-likeness (QED) is 0.695. The number of carbonyl (C=O) groups excluding carboxylic acids is 1. The van der Waals surface area contributed by atoms with Crippen LogP contribution >= 0.6 is 0 Å². The van der Waals surface area contributed by atoms with Crippen molar-refractivity contribution in [1.82, 2.24) is 4.90 Å². The molecule has 0 aromatic carbocycles. The molecule has 0 aliphatic carbocycles. The second-order valence-electron chi connectivity index (χ2n) is 5.26. The van der Waals surface area contributed by atoms with Gasteiger partial charge >= 0.3 is 0 Å². The van der Waals surface area contributed by atoms with Gasteiger partial charge in [-0.25, -0.2) is 0 Å². The van der Waals surface area contributed by atoms with E-state index in [4.69, 9.17) is 5.73 Å². The van der Waals surface area contributed by atoms with Crippen LogP contribution in [0.25, 0.3) is 0 Å². The van der Waals surface area contributed by atoms with Gasteiger partial charge in [-0.05, 0) is 19.3 Å². The molecule has 0 aromatic rings. The second-order valence-corrected chi connectivity index (χ2v) is 5.26. The van der Waals surface area contributed by atoms with Crippen LogP contribution in [0.3, 0.4) is 0 Å². The van der Waals surface area contributed by atoms with Gasteiger partial charge in [-0.2, -0.15) is 0 Å². The fraction of sp³-hybridized carbons (Fsp3) is 0.929. The van der Waals surface area contributed by atoms with Gasteiger partial charge < -0.3 is 10.6 Å². The molecule has 3 nitrogen and oxygen atoms in total. The standard InChI is InChI=1S/C14H28N2O/c1-2-3-4-5-6-7-10-14(17)16-11-8-9-13(15)12-16/h13H,2-12,15H2,1H3/t13-/m1/s1. The van der Waals surface area contributed by atoms with Crippen molar-refractivity contribution in [1.29, 1.82) is 0 Å². The van der Waals surface area contributed by atoms with Gasteiger partial charge in [0.15, 0.2) is 0 Å². The average Bonchev–Trinajstić information content (AvgIpc) is 2.33. The summed E-state index contributed by atoms with van der Waals surface area (Å²) < 4.78 is 0. The number of rotatable bonds is 7. The predicted octanol–water partition coefficient (Wildman–Crippen LogP) is 2.69. The van der Waals surface area contributed by atoms with Crippen molar-refractivity contribution in [2.24, 2.45) is 5.73 Å². The highest BCUT2D eigenvalue weighted by Gasteiger charge is 2.20. The molecule has 0 saturated carbocycles. The maximum Gasteiger partial charge on any atom is 0.222 e. The normalized spacial score (nSPS) is 20.6. The van der Waals surface area contributed by atoms with Gasteiger partial charge in [0, 0.05) is 25.6 Å². The first-order valence-electron chi connectivity index (χ1n) is 7.27. The Morgan fingerprint density at radius 3 is 2.65 bits per heavy atom. The Morgan fingerprint density at radius 2 is 1.94 bits per heavy atom. The van der Waals surface area contributed by atoms with Crippen molar-refractivity contribution in [2.45, 2.75) is 70.8 Å². The number of hydrogen-bond donors (Lipinski definition) is 1. The van der Waals surface area contributed by atoms with Gasteiger partial charge in [-0.15, -0.1) is 0 Å². The van der Waals surface area contributed by atoms with Gasteiger partial charge in [-0.3, -0.25) is 4.79 Å². The zero-order chi connectivity index (χ0) is 12.5. The summed E-state index contributed by atoms with van der Waals surface area (Å²) in [4.78, 5) is 13.9. The number of likely N-dealkylation sites (tertiary alicyclic amines) is 1. The molecule has 0 unspecified atom stereocenters. The first-order valence-corrected chi connectivity index (χ1v) is 7.27. The van der Waals surface area contributed by atoms with Gasteiger partial charge in [0.05, 0.1) is 0 Å². The molecule has 1 fully saturated rings. The first kappa shape index (κ1) is 14.5. The highest BCUT2D eigenvalue weighted by atomic mass is 16.2. The van der Waals surface area contributed by atoms with Crippen LogP contribution in [0.2, 0.25) is 0 Å². The molecule has 0 bridgehead atoms. The molecule has 3 heteroatoms. The summed E-state index contributed by atoms with van der Waals surface area (Å²) in [5.74, 6) is 0.315. The van der Waals surface area contributed by atoms with Crippen LogP contribution in [-0.2, 0) is 4.79 Å². The summed E-state index contributed by atoms with van der Waals surface area (Å²) in [5.41, 5.74) is 5.88. The van der Waals surface area contributed by atoms with Crippen molar-refractivity contribution in [3.05, 3.63) is 0 Å². The molecule has 100 valence electrons. The van der Waals surface area contributed by atoms with E-state index in [0.29, 0.717) is 5.91 Å². The number of nitrogens with two attached hydrogens (primary N) is 1. The van der Waals surface area contributed by atoms with Gasteiger partial charge in [-0.1, -0.05) is 39.0 Å². The highest BCUT2D eigenvalue weighted by molar-refractivity contribution is 5.76. The Balaban J connectivity index is 2.04. The number of carbonyl (C=O) groups is 1. The van der Waals surface area contributed by atoms with E-state index in [1.165, 1.54) is 32.1 Å². The molecule has 1 heterocycles. The molecular formula is C14H28N2O. The van der Waals surface area contributed by atoms with Crippen molar-refractivity contribution >= 4 is 5.91 Å². The Morgan fingerprint density at radius 1 is 1.24 bits per heavy atom. The largest absolute Gasteiger partial charge is 0.341 e. The Bertz CT molecular complexity index is 218. The van der Waals surface area contributed by atoms with Crippen LogP contribution < -0.4 is 5.73 Å². The van der Waals surface area contributed by atoms with Gasteiger partial charge in [0.2, 0.25) is 5.91 Å². The molecule has 2 N–H and O–H groups in total.